The van der Waals surface area contributed by atoms with E-state index in [1.165, 1.54) is 19.2 Å². The first kappa shape index (κ1) is 16.9. The second kappa shape index (κ2) is 7.03. The second-order valence-electron chi connectivity index (χ2n) is 5.00. The Morgan fingerprint density at radius 3 is 2.43 bits per heavy atom. The maximum absolute atomic E-state index is 10.9. The number of nitrogens with zero attached hydrogens (tertiary/aromatic N) is 1. The minimum atomic E-state index is -0.630. The number of nitro benzene ring substituents is 1. The highest BCUT2D eigenvalue weighted by Crippen LogP contribution is 2.34. The van der Waals surface area contributed by atoms with Crippen LogP contribution in [0.1, 0.15) is 30.6 Å². The molecule has 0 bridgehead atoms. The fraction of sp³-hybridized carbons (Fsp3) is 0.500. The van der Waals surface area contributed by atoms with Crippen molar-refractivity contribution in [2.24, 2.45) is 0 Å². The molecule has 7 heteroatoms. The Morgan fingerprint density at radius 1 is 1.29 bits per heavy atom. The van der Waals surface area contributed by atoms with Gasteiger partial charge in [-0.3, -0.25) is 14.9 Å². The Balaban J connectivity index is 2.97. The normalized spacial score (nSPS) is 11.0. The van der Waals surface area contributed by atoms with Gasteiger partial charge in [0, 0.05) is 19.6 Å². The summed E-state index contributed by atoms with van der Waals surface area (Å²) in [6, 6.07) is 2.49. The van der Waals surface area contributed by atoms with Gasteiger partial charge in [-0.1, -0.05) is 0 Å². The van der Waals surface area contributed by atoms with Gasteiger partial charge in [0.2, 0.25) is 0 Å². The Bertz CT molecular complexity index is 526. The molecule has 116 valence electrons. The summed E-state index contributed by atoms with van der Waals surface area (Å²) in [7, 11) is 3.01. The van der Waals surface area contributed by atoms with E-state index in [-0.39, 0.29) is 28.4 Å². The molecular formula is C14H19NO6. The first-order valence-electron chi connectivity index (χ1n) is 6.34. The molecule has 0 aliphatic heterocycles. The lowest BCUT2D eigenvalue weighted by molar-refractivity contribution is -0.385. The Morgan fingerprint density at radius 2 is 1.95 bits per heavy atom. The molecule has 1 aromatic carbocycles. The average Bonchev–Trinajstić information content (AvgIpc) is 2.46. The second-order valence-corrected chi connectivity index (χ2v) is 5.00. The quantitative estimate of drug-likeness (QED) is 0.416. The van der Waals surface area contributed by atoms with Gasteiger partial charge in [-0.05, 0) is 13.8 Å². The lowest BCUT2D eigenvalue weighted by Gasteiger charge is -2.22. The molecule has 0 unspecified atom stereocenters. The van der Waals surface area contributed by atoms with Crippen molar-refractivity contribution in [3.05, 3.63) is 27.8 Å². The number of rotatable bonds is 8. The lowest BCUT2D eigenvalue weighted by Crippen LogP contribution is -2.25. The van der Waals surface area contributed by atoms with Crippen LogP contribution in [-0.2, 0) is 4.74 Å². The van der Waals surface area contributed by atoms with E-state index in [0.717, 1.165) is 0 Å². The highest BCUT2D eigenvalue weighted by Gasteiger charge is 2.21. The van der Waals surface area contributed by atoms with Crippen molar-refractivity contribution in [2.75, 3.05) is 20.8 Å². The smallest absolute Gasteiger partial charge is 0.283 e. The van der Waals surface area contributed by atoms with E-state index in [9.17, 15) is 14.9 Å². The van der Waals surface area contributed by atoms with E-state index in [2.05, 4.69) is 0 Å². The van der Waals surface area contributed by atoms with E-state index in [1.54, 1.807) is 7.11 Å². The van der Waals surface area contributed by atoms with Crippen LogP contribution in [0.25, 0.3) is 0 Å². The van der Waals surface area contributed by atoms with Gasteiger partial charge in [-0.15, -0.1) is 0 Å². The summed E-state index contributed by atoms with van der Waals surface area (Å²) in [6.45, 7) is 4.12. The number of hydrogen-bond donors (Lipinski definition) is 0. The fourth-order valence-corrected chi connectivity index (χ4v) is 1.60. The van der Waals surface area contributed by atoms with Crippen LogP contribution in [0.5, 0.6) is 11.5 Å². The maximum atomic E-state index is 10.9. The van der Waals surface area contributed by atoms with Crippen molar-refractivity contribution in [3.8, 4) is 11.5 Å². The fourth-order valence-electron chi connectivity index (χ4n) is 1.60. The molecule has 0 saturated carbocycles. The Kier molecular flexibility index (Phi) is 5.66. The van der Waals surface area contributed by atoms with Gasteiger partial charge in [0.15, 0.2) is 17.8 Å². The summed E-state index contributed by atoms with van der Waals surface area (Å²) in [5.74, 6) is 0.500. The number of carbonyl (C=O) groups is 1. The minimum Gasteiger partial charge on any atom is -0.493 e. The molecule has 0 aliphatic carbocycles. The SMILES string of the molecule is COc1cc(C=O)c([N+](=O)[O-])cc1OCCC(C)(C)OC. The van der Waals surface area contributed by atoms with Crippen molar-refractivity contribution < 1.29 is 23.9 Å². The van der Waals surface area contributed by atoms with E-state index in [0.29, 0.717) is 19.3 Å². The molecule has 0 fully saturated rings. The molecule has 0 amide bonds. The molecule has 0 atom stereocenters. The van der Waals surface area contributed by atoms with Crippen LogP contribution in [0.4, 0.5) is 5.69 Å². The summed E-state index contributed by atoms with van der Waals surface area (Å²) in [6.07, 6.45) is 1.01. The van der Waals surface area contributed by atoms with E-state index in [1.807, 2.05) is 13.8 Å². The molecule has 1 rings (SSSR count). The molecular weight excluding hydrogens is 278 g/mol. The monoisotopic (exact) mass is 297 g/mol. The van der Waals surface area contributed by atoms with Crippen molar-refractivity contribution in [3.63, 3.8) is 0 Å². The summed E-state index contributed by atoms with van der Waals surface area (Å²) >= 11 is 0. The highest BCUT2D eigenvalue weighted by atomic mass is 16.6. The van der Waals surface area contributed by atoms with Crippen LogP contribution >= 0.6 is 0 Å². The van der Waals surface area contributed by atoms with Crippen LogP contribution < -0.4 is 9.47 Å². The number of ether oxygens (including phenoxy) is 3. The number of aldehydes is 1. The third-order valence-corrected chi connectivity index (χ3v) is 3.15. The van der Waals surface area contributed by atoms with Crippen LogP contribution in [0.15, 0.2) is 12.1 Å². The van der Waals surface area contributed by atoms with Crippen molar-refractivity contribution >= 4 is 12.0 Å². The first-order valence-corrected chi connectivity index (χ1v) is 6.34. The Hall–Kier alpha value is -2.15. The molecule has 0 spiro atoms. The zero-order valence-electron chi connectivity index (χ0n) is 12.5. The summed E-state index contributed by atoms with van der Waals surface area (Å²) < 4.78 is 15.9. The zero-order valence-corrected chi connectivity index (χ0v) is 12.5. The summed E-state index contributed by atoms with van der Waals surface area (Å²) in [4.78, 5) is 21.2. The molecule has 0 heterocycles. The highest BCUT2D eigenvalue weighted by molar-refractivity contribution is 5.83. The van der Waals surface area contributed by atoms with Crippen LogP contribution in [0.3, 0.4) is 0 Å². The van der Waals surface area contributed by atoms with E-state index in [4.69, 9.17) is 14.2 Å². The maximum Gasteiger partial charge on any atom is 0.283 e. The summed E-state index contributed by atoms with van der Waals surface area (Å²) in [5.41, 5.74) is -0.727. The summed E-state index contributed by atoms with van der Waals surface area (Å²) in [5, 5.41) is 10.9. The molecule has 7 nitrogen and oxygen atoms in total. The van der Waals surface area contributed by atoms with Crippen LogP contribution in [0.2, 0.25) is 0 Å². The van der Waals surface area contributed by atoms with Gasteiger partial charge in [-0.2, -0.15) is 0 Å². The third kappa shape index (κ3) is 4.42. The largest absolute Gasteiger partial charge is 0.493 e. The molecule has 0 N–H and O–H groups in total. The number of hydrogen-bond acceptors (Lipinski definition) is 6. The van der Waals surface area contributed by atoms with Gasteiger partial charge < -0.3 is 14.2 Å². The molecule has 0 radical (unpaired) electrons. The van der Waals surface area contributed by atoms with Gasteiger partial charge in [-0.25, -0.2) is 0 Å². The van der Waals surface area contributed by atoms with Gasteiger partial charge in [0.1, 0.15) is 0 Å². The van der Waals surface area contributed by atoms with E-state index < -0.39 is 4.92 Å². The zero-order chi connectivity index (χ0) is 16.0. The molecule has 0 saturated heterocycles. The van der Waals surface area contributed by atoms with Crippen molar-refractivity contribution in [2.45, 2.75) is 25.9 Å². The van der Waals surface area contributed by atoms with Crippen molar-refractivity contribution in [1.82, 2.24) is 0 Å². The first-order chi connectivity index (χ1) is 9.84. The van der Waals surface area contributed by atoms with Gasteiger partial charge in [0.25, 0.3) is 5.69 Å². The third-order valence-electron chi connectivity index (χ3n) is 3.15. The van der Waals surface area contributed by atoms with Crippen LogP contribution in [0, 0.1) is 10.1 Å². The average molecular weight is 297 g/mol. The lowest BCUT2D eigenvalue weighted by atomic mass is 10.1. The molecule has 0 aliphatic rings. The molecule has 1 aromatic rings. The number of carbonyl (C=O) groups excluding carboxylic acids is 1. The number of benzene rings is 1. The number of methoxy groups -OCH3 is 2. The number of nitro groups is 1. The standard InChI is InChI=1S/C14H19NO6/c1-14(2,20-4)5-6-21-13-8-11(15(17)18)10(9-16)7-12(13)19-3/h7-9H,5-6H2,1-4H3. The van der Waals surface area contributed by atoms with Gasteiger partial charge >= 0.3 is 0 Å². The molecule has 21 heavy (non-hydrogen) atoms. The van der Waals surface area contributed by atoms with Gasteiger partial charge in [0.05, 0.1) is 35.9 Å². The molecule has 0 aromatic heterocycles. The Labute approximate surface area is 123 Å². The predicted molar refractivity (Wildman–Crippen MR) is 76.2 cm³/mol. The van der Waals surface area contributed by atoms with Crippen molar-refractivity contribution in [1.29, 1.82) is 0 Å². The minimum absolute atomic E-state index is 0.0542. The van der Waals surface area contributed by atoms with E-state index >= 15 is 0 Å². The van der Waals surface area contributed by atoms with Crippen LogP contribution in [-0.4, -0.2) is 37.6 Å². The predicted octanol–water partition coefficient (Wildman–Crippen LogP) is 2.61. The topological polar surface area (TPSA) is 87.9 Å².